The second kappa shape index (κ2) is 10.1. The van der Waals surface area contributed by atoms with Crippen LogP contribution in [0.3, 0.4) is 0 Å². The molecular weight excluding hydrogens is 362 g/mol. The Kier molecular flexibility index (Phi) is 7.57. The molecule has 0 aromatic heterocycles. The third-order valence-electron chi connectivity index (χ3n) is 6.16. The lowest BCUT2D eigenvalue weighted by atomic mass is 9.83. The zero-order valence-corrected chi connectivity index (χ0v) is 18.1. The quantitative estimate of drug-likeness (QED) is 0.615. The maximum atomic E-state index is 11.4. The Morgan fingerprint density at radius 3 is 2.41 bits per heavy atom. The van der Waals surface area contributed by atoms with E-state index in [9.17, 15) is 5.11 Å². The van der Waals surface area contributed by atoms with Crippen molar-refractivity contribution in [3.05, 3.63) is 59.7 Å². The number of nitrogens with zero attached hydrogens (tertiary/aromatic N) is 1. The Labute approximate surface area is 175 Å². The van der Waals surface area contributed by atoms with E-state index in [-0.39, 0.29) is 0 Å². The van der Waals surface area contributed by atoms with Crippen molar-refractivity contribution in [3.8, 4) is 11.5 Å². The highest BCUT2D eigenvalue weighted by Crippen LogP contribution is 2.38. The van der Waals surface area contributed by atoms with Crippen molar-refractivity contribution in [1.29, 1.82) is 0 Å². The number of hydrogen-bond donors (Lipinski definition) is 1. The molecule has 3 rings (SSSR count). The van der Waals surface area contributed by atoms with Crippen molar-refractivity contribution < 1.29 is 14.6 Å². The minimum Gasteiger partial charge on any atom is -0.496 e. The molecule has 2 aromatic rings. The lowest BCUT2D eigenvalue weighted by Gasteiger charge is -2.30. The molecule has 1 unspecified atom stereocenters. The topological polar surface area (TPSA) is 41.9 Å². The van der Waals surface area contributed by atoms with Crippen LogP contribution < -0.4 is 9.47 Å². The summed E-state index contributed by atoms with van der Waals surface area (Å²) < 4.78 is 11.4. The lowest BCUT2D eigenvalue weighted by molar-refractivity contribution is 0.0736. The van der Waals surface area contributed by atoms with Crippen LogP contribution in [-0.4, -0.2) is 43.4 Å². The molecule has 1 saturated heterocycles. The van der Waals surface area contributed by atoms with E-state index in [0.29, 0.717) is 12.2 Å². The SMILES string of the molecule is CCC(O)(c1ccc(OCCCN2CCC(C)CC2)cc1)c1ccccc1OC. The second-order valence-electron chi connectivity index (χ2n) is 8.16. The minimum absolute atomic E-state index is 0.558. The molecule has 1 fully saturated rings. The van der Waals surface area contributed by atoms with Gasteiger partial charge in [0.1, 0.15) is 17.1 Å². The number of para-hydroxylation sites is 1. The third kappa shape index (κ3) is 5.31. The highest BCUT2D eigenvalue weighted by Gasteiger charge is 2.32. The van der Waals surface area contributed by atoms with Gasteiger partial charge in [0.25, 0.3) is 0 Å². The summed E-state index contributed by atoms with van der Waals surface area (Å²) in [6.07, 6.45) is 4.22. The Bertz CT molecular complexity index is 753. The van der Waals surface area contributed by atoms with Gasteiger partial charge in [-0.3, -0.25) is 0 Å². The van der Waals surface area contributed by atoms with Gasteiger partial charge in [-0.25, -0.2) is 0 Å². The van der Waals surface area contributed by atoms with Crippen LogP contribution in [0, 0.1) is 5.92 Å². The number of hydrogen-bond acceptors (Lipinski definition) is 4. The van der Waals surface area contributed by atoms with Crippen LogP contribution in [0.1, 0.15) is 50.7 Å². The van der Waals surface area contributed by atoms with Gasteiger partial charge in [-0.15, -0.1) is 0 Å². The fourth-order valence-corrected chi connectivity index (χ4v) is 4.13. The Morgan fingerprint density at radius 2 is 1.76 bits per heavy atom. The summed E-state index contributed by atoms with van der Waals surface area (Å²) in [5.74, 6) is 2.42. The van der Waals surface area contributed by atoms with Crippen LogP contribution in [0.2, 0.25) is 0 Å². The molecule has 1 heterocycles. The van der Waals surface area contributed by atoms with Crippen LogP contribution >= 0.6 is 0 Å². The predicted octanol–water partition coefficient (Wildman–Crippen LogP) is 4.84. The first kappa shape index (κ1) is 21.7. The zero-order chi connectivity index (χ0) is 20.7. The van der Waals surface area contributed by atoms with Crippen molar-refractivity contribution in [2.45, 2.75) is 45.1 Å². The summed E-state index contributed by atoms with van der Waals surface area (Å²) in [7, 11) is 1.64. The lowest BCUT2D eigenvalue weighted by Crippen LogP contribution is -2.34. The molecule has 29 heavy (non-hydrogen) atoms. The van der Waals surface area contributed by atoms with E-state index in [4.69, 9.17) is 9.47 Å². The number of ether oxygens (including phenoxy) is 2. The van der Waals surface area contributed by atoms with Crippen LogP contribution in [0.4, 0.5) is 0 Å². The summed E-state index contributed by atoms with van der Waals surface area (Å²) in [6.45, 7) is 8.59. The second-order valence-corrected chi connectivity index (χ2v) is 8.16. The fraction of sp³-hybridized carbons (Fsp3) is 0.520. The molecule has 0 spiro atoms. The number of aliphatic hydroxyl groups is 1. The van der Waals surface area contributed by atoms with Gasteiger partial charge in [0, 0.05) is 12.1 Å². The molecule has 4 heteroatoms. The molecule has 1 atom stereocenters. The van der Waals surface area contributed by atoms with E-state index in [1.54, 1.807) is 7.11 Å². The van der Waals surface area contributed by atoms with Gasteiger partial charge in [-0.2, -0.15) is 0 Å². The number of methoxy groups -OCH3 is 1. The number of rotatable bonds is 9. The molecule has 0 saturated carbocycles. The number of benzene rings is 2. The first-order chi connectivity index (χ1) is 14.1. The third-order valence-corrected chi connectivity index (χ3v) is 6.16. The van der Waals surface area contributed by atoms with Crippen molar-refractivity contribution in [2.24, 2.45) is 5.92 Å². The molecule has 158 valence electrons. The fourth-order valence-electron chi connectivity index (χ4n) is 4.13. The smallest absolute Gasteiger partial charge is 0.125 e. The van der Waals surface area contributed by atoms with Gasteiger partial charge >= 0.3 is 0 Å². The van der Waals surface area contributed by atoms with E-state index in [1.165, 1.54) is 25.9 Å². The van der Waals surface area contributed by atoms with Gasteiger partial charge < -0.3 is 19.5 Å². The molecule has 0 bridgehead atoms. The maximum absolute atomic E-state index is 11.4. The van der Waals surface area contributed by atoms with Crippen LogP contribution in [-0.2, 0) is 5.60 Å². The van der Waals surface area contributed by atoms with E-state index >= 15 is 0 Å². The maximum Gasteiger partial charge on any atom is 0.125 e. The van der Waals surface area contributed by atoms with Crippen LogP contribution in [0.25, 0.3) is 0 Å². The molecule has 1 aliphatic heterocycles. The molecule has 1 N–H and O–H groups in total. The van der Waals surface area contributed by atoms with E-state index in [2.05, 4.69) is 11.8 Å². The molecule has 1 aliphatic rings. The van der Waals surface area contributed by atoms with Gasteiger partial charge in [-0.1, -0.05) is 44.2 Å². The van der Waals surface area contributed by atoms with Gasteiger partial charge in [-0.05, 0) is 68.5 Å². The molecule has 0 aliphatic carbocycles. The summed E-state index contributed by atoms with van der Waals surface area (Å²) >= 11 is 0. The molecule has 0 radical (unpaired) electrons. The van der Waals surface area contributed by atoms with Gasteiger partial charge in [0.15, 0.2) is 0 Å². The average Bonchev–Trinajstić information content (AvgIpc) is 2.77. The van der Waals surface area contributed by atoms with Crippen molar-refractivity contribution in [3.63, 3.8) is 0 Å². The summed E-state index contributed by atoms with van der Waals surface area (Å²) in [4.78, 5) is 2.54. The molecule has 0 amide bonds. The standard InChI is InChI=1S/C25H35NO3/c1-4-25(27,23-8-5-6-9-24(23)28-3)21-10-12-22(13-11-21)29-19-7-16-26-17-14-20(2)15-18-26/h5-6,8-13,20,27H,4,7,14-19H2,1-3H3. The first-order valence-electron chi connectivity index (χ1n) is 10.9. The molecule has 4 nitrogen and oxygen atoms in total. The minimum atomic E-state index is -1.09. The summed E-state index contributed by atoms with van der Waals surface area (Å²) in [5, 5.41) is 11.4. The van der Waals surface area contributed by atoms with Gasteiger partial charge in [0.2, 0.25) is 0 Å². The highest BCUT2D eigenvalue weighted by atomic mass is 16.5. The Hall–Kier alpha value is -2.04. The monoisotopic (exact) mass is 397 g/mol. The normalized spacial score (nSPS) is 17.7. The van der Waals surface area contributed by atoms with E-state index in [1.807, 2.05) is 55.5 Å². The van der Waals surface area contributed by atoms with Crippen molar-refractivity contribution >= 4 is 0 Å². The molecular formula is C25H35NO3. The van der Waals surface area contributed by atoms with Crippen molar-refractivity contribution in [2.75, 3.05) is 33.4 Å². The largest absolute Gasteiger partial charge is 0.496 e. The van der Waals surface area contributed by atoms with E-state index < -0.39 is 5.60 Å². The highest BCUT2D eigenvalue weighted by molar-refractivity contribution is 5.45. The summed E-state index contributed by atoms with van der Waals surface area (Å²) in [5.41, 5.74) is 0.546. The predicted molar refractivity (Wildman–Crippen MR) is 118 cm³/mol. The van der Waals surface area contributed by atoms with Crippen LogP contribution in [0.15, 0.2) is 48.5 Å². The molecule has 2 aromatic carbocycles. The first-order valence-corrected chi connectivity index (χ1v) is 10.9. The number of likely N-dealkylation sites (tertiary alicyclic amines) is 1. The average molecular weight is 398 g/mol. The summed E-state index contributed by atoms with van der Waals surface area (Å²) in [6, 6.07) is 15.5. The zero-order valence-electron chi connectivity index (χ0n) is 18.1. The Morgan fingerprint density at radius 1 is 1.07 bits per heavy atom. The number of piperidine rings is 1. The van der Waals surface area contributed by atoms with Gasteiger partial charge in [0.05, 0.1) is 13.7 Å². The van der Waals surface area contributed by atoms with Crippen molar-refractivity contribution in [1.82, 2.24) is 4.90 Å². The van der Waals surface area contributed by atoms with Crippen LogP contribution in [0.5, 0.6) is 11.5 Å². The van der Waals surface area contributed by atoms with E-state index in [0.717, 1.165) is 42.4 Å². The Balaban J connectivity index is 1.57.